The fraction of sp³-hybridized carbons (Fsp3) is 1.00. The Balaban J connectivity index is 1.93. The van der Waals surface area contributed by atoms with Crippen LogP contribution in [0.1, 0.15) is 32.6 Å². The molecule has 1 aliphatic heterocycles. The lowest BCUT2D eigenvalue weighted by Crippen LogP contribution is -2.03. The van der Waals surface area contributed by atoms with Crippen LogP contribution in [0.3, 0.4) is 0 Å². The maximum atomic E-state index is 5.65. The highest BCUT2D eigenvalue weighted by atomic mass is 16.5. The molecule has 9 heavy (non-hydrogen) atoms. The third-order valence-electron chi connectivity index (χ3n) is 2.67. The Morgan fingerprint density at radius 2 is 2.33 bits per heavy atom. The van der Waals surface area contributed by atoms with Crippen molar-refractivity contribution in [2.75, 3.05) is 6.61 Å². The summed E-state index contributed by atoms with van der Waals surface area (Å²) in [7, 11) is 0. The van der Waals surface area contributed by atoms with Crippen molar-refractivity contribution in [2.24, 2.45) is 5.92 Å². The van der Waals surface area contributed by atoms with Crippen LogP contribution in [0.4, 0.5) is 0 Å². The van der Waals surface area contributed by atoms with Gasteiger partial charge in [-0.15, -0.1) is 0 Å². The molecule has 0 aromatic rings. The minimum Gasteiger partial charge on any atom is -0.375 e. The second kappa shape index (κ2) is 1.72. The Bertz CT molecular complexity index is 116. The Morgan fingerprint density at radius 3 is 2.67 bits per heavy atom. The lowest BCUT2D eigenvalue weighted by Gasteiger charge is -2.02. The normalized spacial score (nSPS) is 37.7. The molecular formula is C8H14O. The summed E-state index contributed by atoms with van der Waals surface area (Å²) < 4.78 is 5.65. The maximum absolute atomic E-state index is 5.65. The van der Waals surface area contributed by atoms with Gasteiger partial charge in [0.25, 0.3) is 0 Å². The van der Waals surface area contributed by atoms with E-state index in [0.717, 1.165) is 12.5 Å². The molecule has 1 heteroatoms. The van der Waals surface area contributed by atoms with Crippen LogP contribution in [-0.2, 0) is 4.74 Å². The molecule has 0 N–H and O–H groups in total. The SMILES string of the molecule is CCC1COC2(CC2)C1. The van der Waals surface area contributed by atoms with Crippen molar-refractivity contribution in [3.63, 3.8) is 0 Å². The van der Waals surface area contributed by atoms with Crippen LogP contribution in [-0.4, -0.2) is 12.2 Å². The van der Waals surface area contributed by atoms with Gasteiger partial charge >= 0.3 is 0 Å². The first-order chi connectivity index (χ1) is 4.35. The number of hydrogen-bond acceptors (Lipinski definition) is 1. The molecule has 1 saturated heterocycles. The van der Waals surface area contributed by atoms with E-state index in [-0.39, 0.29) is 0 Å². The van der Waals surface area contributed by atoms with E-state index in [1.54, 1.807) is 0 Å². The van der Waals surface area contributed by atoms with Gasteiger partial charge in [-0.3, -0.25) is 0 Å². The van der Waals surface area contributed by atoms with Gasteiger partial charge in [0.1, 0.15) is 0 Å². The molecule has 0 aromatic carbocycles. The van der Waals surface area contributed by atoms with Crippen molar-refractivity contribution in [3.05, 3.63) is 0 Å². The molecule has 0 amide bonds. The minimum atomic E-state index is 0.417. The van der Waals surface area contributed by atoms with E-state index < -0.39 is 0 Å². The van der Waals surface area contributed by atoms with Crippen molar-refractivity contribution in [2.45, 2.75) is 38.2 Å². The highest BCUT2D eigenvalue weighted by Gasteiger charge is 2.49. The standard InChI is InChI=1S/C8H14O/c1-2-7-5-8(3-4-8)9-6-7/h7H,2-6H2,1H3. The summed E-state index contributed by atoms with van der Waals surface area (Å²) in [5.74, 6) is 0.882. The highest BCUT2D eigenvalue weighted by Crippen LogP contribution is 2.49. The molecule has 1 aliphatic carbocycles. The van der Waals surface area contributed by atoms with Gasteiger partial charge in [0.15, 0.2) is 0 Å². The molecule has 1 heterocycles. The summed E-state index contributed by atoms with van der Waals surface area (Å²) >= 11 is 0. The monoisotopic (exact) mass is 126 g/mol. The molecule has 2 aliphatic rings. The second-order valence-corrected chi connectivity index (χ2v) is 3.47. The topological polar surface area (TPSA) is 9.23 Å². The fourth-order valence-electron chi connectivity index (χ4n) is 1.69. The third-order valence-corrected chi connectivity index (χ3v) is 2.67. The smallest absolute Gasteiger partial charge is 0.0688 e. The lowest BCUT2D eigenvalue weighted by atomic mass is 10.0. The molecule has 2 fully saturated rings. The van der Waals surface area contributed by atoms with Crippen molar-refractivity contribution in [1.29, 1.82) is 0 Å². The zero-order valence-corrected chi connectivity index (χ0v) is 6.02. The third kappa shape index (κ3) is 0.877. The largest absolute Gasteiger partial charge is 0.375 e. The number of hydrogen-bond donors (Lipinski definition) is 0. The average Bonchev–Trinajstić information content (AvgIpc) is 2.44. The van der Waals surface area contributed by atoms with Gasteiger partial charge in [-0.05, 0) is 25.2 Å². The van der Waals surface area contributed by atoms with E-state index in [4.69, 9.17) is 4.74 Å². The minimum absolute atomic E-state index is 0.417. The van der Waals surface area contributed by atoms with Crippen molar-refractivity contribution in [3.8, 4) is 0 Å². The van der Waals surface area contributed by atoms with E-state index in [2.05, 4.69) is 6.92 Å². The van der Waals surface area contributed by atoms with E-state index >= 15 is 0 Å². The molecule has 1 nitrogen and oxygen atoms in total. The quantitative estimate of drug-likeness (QED) is 0.522. The van der Waals surface area contributed by atoms with Crippen LogP contribution < -0.4 is 0 Å². The predicted molar refractivity (Wildman–Crippen MR) is 36.3 cm³/mol. The molecule has 0 radical (unpaired) electrons. The van der Waals surface area contributed by atoms with Gasteiger partial charge in [0, 0.05) is 0 Å². The second-order valence-electron chi connectivity index (χ2n) is 3.47. The van der Waals surface area contributed by atoms with E-state index in [9.17, 15) is 0 Å². The van der Waals surface area contributed by atoms with Crippen LogP contribution in [0, 0.1) is 5.92 Å². The Labute approximate surface area is 56.4 Å². The summed E-state index contributed by atoms with van der Waals surface area (Å²) in [4.78, 5) is 0. The van der Waals surface area contributed by atoms with Gasteiger partial charge in [-0.25, -0.2) is 0 Å². The van der Waals surface area contributed by atoms with E-state index in [0.29, 0.717) is 5.60 Å². The van der Waals surface area contributed by atoms with Crippen molar-refractivity contribution < 1.29 is 4.74 Å². The maximum Gasteiger partial charge on any atom is 0.0688 e. The summed E-state index contributed by atoms with van der Waals surface area (Å²) in [5, 5.41) is 0. The summed E-state index contributed by atoms with van der Waals surface area (Å²) in [6.07, 6.45) is 5.33. The van der Waals surface area contributed by atoms with Crippen molar-refractivity contribution in [1.82, 2.24) is 0 Å². The summed E-state index contributed by atoms with van der Waals surface area (Å²) in [5.41, 5.74) is 0.417. The number of ether oxygens (including phenoxy) is 1. The summed E-state index contributed by atoms with van der Waals surface area (Å²) in [6.45, 7) is 3.30. The Morgan fingerprint density at radius 1 is 1.56 bits per heavy atom. The molecule has 0 bridgehead atoms. The van der Waals surface area contributed by atoms with Gasteiger partial charge in [0.05, 0.1) is 12.2 Å². The van der Waals surface area contributed by atoms with Crippen LogP contribution in [0.2, 0.25) is 0 Å². The predicted octanol–water partition coefficient (Wildman–Crippen LogP) is 1.97. The van der Waals surface area contributed by atoms with Crippen molar-refractivity contribution >= 4 is 0 Å². The zero-order valence-electron chi connectivity index (χ0n) is 6.02. The zero-order chi connectivity index (χ0) is 6.32. The van der Waals surface area contributed by atoms with E-state index in [1.807, 2.05) is 0 Å². The van der Waals surface area contributed by atoms with Gasteiger partial charge < -0.3 is 4.74 Å². The Hall–Kier alpha value is -0.0400. The first kappa shape index (κ1) is 5.72. The lowest BCUT2D eigenvalue weighted by molar-refractivity contribution is 0.0872. The fourth-order valence-corrected chi connectivity index (χ4v) is 1.69. The molecule has 2 rings (SSSR count). The van der Waals surface area contributed by atoms with Gasteiger partial charge in [-0.1, -0.05) is 13.3 Å². The van der Waals surface area contributed by atoms with Crippen LogP contribution in [0.25, 0.3) is 0 Å². The first-order valence-corrected chi connectivity index (χ1v) is 3.99. The molecule has 1 saturated carbocycles. The highest BCUT2D eigenvalue weighted by molar-refractivity contribution is 5.00. The van der Waals surface area contributed by atoms with E-state index in [1.165, 1.54) is 25.7 Å². The molecule has 1 spiro atoms. The molecule has 0 aromatic heterocycles. The Kier molecular flexibility index (Phi) is 1.10. The first-order valence-electron chi connectivity index (χ1n) is 3.99. The van der Waals surface area contributed by atoms with Crippen LogP contribution >= 0.6 is 0 Å². The molecule has 1 atom stereocenters. The molecule has 1 unspecified atom stereocenters. The average molecular weight is 126 g/mol. The van der Waals surface area contributed by atoms with Gasteiger partial charge in [0.2, 0.25) is 0 Å². The van der Waals surface area contributed by atoms with Crippen LogP contribution in [0.5, 0.6) is 0 Å². The number of rotatable bonds is 1. The molecule has 52 valence electrons. The summed E-state index contributed by atoms with van der Waals surface area (Å²) in [6, 6.07) is 0. The van der Waals surface area contributed by atoms with Crippen LogP contribution in [0.15, 0.2) is 0 Å². The molecular weight excluding hydrogens is 112 g/mol. The van der Waals surface area contributed by atoms with Gasteiger partial charge in [-0.2, -0.15) is 0 Å².